The van der Waals surface area contributed by atoms with Crippen LogP contribution in [0.15, 0.2) is 22.9 Å². The highest BCUT2D eigenvalue weighted by Gasteiger charge is 2.26. The maximum absolute atomic E-state index is 13.1. The highest BCUT2D eigenvalue weighted by molar-refractivity contribution is 6.33. The largest absolute Gasteiger partial charge is 0.507 e. The minimum absolute atomic E-state index is 0.0314. The van der Waals surface area contributed by atoms with E-state index in [-0.39, 0.29) is 46.9 Å². The number of esters is 1. The van der Waals surface area contributed by atoms with Gasteiger partial charge in [0.15, 0.2) is 6.61 Å². The van der Waals surface area contributed by atoms with Crippen molar-refractivity contribution in [1.82, 2.24) is 4.90 Å². The zero-order valence-electron chi connectivity index (χ0n) is 22.4. The molecule has 1 amide bonds. The molecule has 0 saturated carbocycles. The predicted molar refractivity (Wildman–Crippen MR) is 143 cm³/mol. The number of allylic oxidation sites excluding steroid dienone is 2. The standard InChI is InChI=1S/C27H41ClN2O6/c1-7-12-18(6)14-19(29-35-17-24(33)30(10-4)11-5)15-21-25(22(31)16-23(32)26(21)28)27(34)36-20(9-3)13-8-2/h14,16,20,31-32H,7-13,15,17H2,1-6H3/b18-14+,29-19+. The number of halogens is 1. The Labute approximate surface area is 219 Å². The Morgan fingerprint density at radius 1 is 1.11 bits per heavy atom. The zero-order chi connectivity index (χ0) is 27.3. The Hall–Kier alpha value is -2.74. The smallest absolute Gasteiger partial charge is 0.342 e. The fourth-order valence-electron chi connectivity index (χ4n) is 3.84. The molecule has 1 rings (SSSR count). The number of benzene rings is 1. The van der Waals surface area contributed by atoms with Crippen molar-refractivity contribution in [2.75, 3.05) is 19.7 Å². The Balaban J connectivity index is 3.41. The van der Waals surface area contributed by atoms with E-state index < -0.39 is 11.7 Å². The van der Waals surface area contributed by atoms with Gasteiger partial charge in [0.25, 0.3) is 5.91 Å². The number of rotatable bonds is 15. The van der Waals surface area contributed by atoms with Crippen molar-refractivity contribution in [1.29, 1.82) is 0 Å². The number of oxime groups is 1. The van der Waals surface area contributed by atoms with E-state index >= 15 is 0 Å². The molecule has 0 spiro atoms. The number of nitrogens with zero attached hydrogens (tertiary/aromatic N) is 2. The minimum Gasteiger partial charge on any atom is -0.507 e. The molecule has 0 aliphatic heterocycles. The van der Waals surface area contributed by atoms with Gasteiger partial charge in [0.1, 0.15) is 23.2 Å². The molecule has 202 valence electrons. The fraction of sp³-hybridized carbons (Fsp3) is 0.593. The van der Waals surface area contributed by atoms with Crippen molar-refractivity contribution < 1.29 is 29.4 Å². The summed E-state index contributed by atoms with van der Waals surface area (Å²) in [4.78, 5) is 32.4. The Bertz CT molecular complexity index is 941. The van der Waals surface area contributed by atoms with E-state index in [1.807, 2.05) is 41.5 Å². The van der Waals surface area contributed by atoms with E-state index in [2.05, 4.69) is 5.16 Å². The lowest BCUT2D eigenvalue weighted by atomic mass is 9.98. The summed E-state index contributed by atoms with van der Waals surface area (Å²) in [7, 11) is 0. The number of amides is 1. The van der Waals surface area contributed by atoms with Crippen LogP contribution < -0.4 is 0 Å². The molecule has 9 heteroatoms. The van der Waals surface area contributed by atoms with E-state index in [4.69, 9.17) is 21.2 Å². The zero-order valence-corrected chi connectivity index (χ0v) is 23.2. The van der Waals surface area contributed by atoms with Gasteiger partial charge in [-0.15, -0.1) is 0 Å². The first kappa shape index (κ1) is 31.3. The van der Waals surface area contributed by atoms with Gasteiger partial charge in [-0.3, -0.25) is 4.79 Å². The summed E-state index contributed by atoms with van der Waals surface area (Å²) < 4.78 is 5.63. The van der Waals surface area contributed by atoms with Crippen LogP contribution in [0, 0.1) is 0 Å². The monoisotopic (exact) mass is 524 g/mol. The molecule has 2 N–H and O–H groups in total. The summed E-state index contributed by atoms with van der Waals surface area (Å²) in [5, 5.41) is 24.9. The molecule has 0 aliphatic carbocycles. The van der Waals surface area contributed by atoms with Gasteiger partial charge in [-0.25, -0.2) is 4.79 Å². The summed E-state index contributed by atoms with van der Waals surface area (Å²) >= 11 is 6.41. The predicted octanol–water partition coefficient (Wildman–Crippen LogP) is 6.02. The molecule has 0 aromatic heterocycles. The van der Waals surface area contributed by atoms with Crippen LogP contribution in [0.5, 0.6) is 11.5 Å². The van der Waals surface area contributed by atoms with Crippen LogP contribution >= 0.6 is 11.6 Å². The number of likely N-dealkylation sites (N-methyl/N-ethyl adjacent to an activating group) is 1. The molecule has 8 nitrogen and oxygen atoms in total. The van der Waals surface area contributed by atoms with Gasteiger partial charge in [0, 0.05) is 25.6 Å². The Morgan fingerprint density at radius 3 is 2.33 bits per heavy atom. The second kappa shape index (κ2) is 16.1. The van der Waals surface area contributed by atoms with Gasteiger partial charge in [-0.2, -0.15) is 0 Å². The van der Waals surface area contributed by atoms with E-state index in [0.717, 1.165) is 30.9 Å². The Kier molecular flexibility index (Phi) is 14.0. The Morgan fingerprint density at radius 2 is 1.78 bits per heavy atom. The third kappa shape index (κ3) is 9.37. The lowest BCUT2D eigenvalue weighted by molar-refractivity contribution is -0.135. The van der Waals surface area contributed by atoms with Crippen LogP contribution in [0.3, 0.4) is 0 Å². The van der Waals surface area contributed by atoms with Crippen molar-refractivity contribution >= 4 is 29.2 Å². The van der Waals surface area contributed by atoms with Gasteiger partial charge in [-0.1, -0.05) is 55.9 Å². The van der Waals surface area contributed by atoms with Crippen molar-refractivity contribution in [2.45, 2.75) is 86.2 Å². The summed E-state index contributed by atoms with van der Waals surface area (Å²) in [6, 6.07) is 1.03. The number of carbonyl (C=O) groups is 2. The molecule has 1 atom stereocenters. The van der Waals surface area contributed by atoms with Gasteiger partial charge >= 0.3 is 5.97 Å². The van der Waals surface area contributed by atoms with Crippen molar-refractivity contribution in [3.05, 3.63) is 33.9 Å². The second-order valence-electron chi connectivity index (χ2n) is 8.65. The quantitative estimate of drug-likeness (QED) is 0.165. The van der Waals surface area contributed by atoms with E-state index in [0.29, 0.717) is 31.6 Å². The number of carbonyl (C=O) groups excluding carboxylic acids is 2. The molecular weight excluding hydrogens is 484 g/mol. The van der Waals surface area contributed by atoms with E-state index in [1.54, 1.807) is 11.0 Å². The molecule has 1 aromatic rings. The first-order valence-corrected chi connectivity index (χ1v) is 13.1. The van der Waals surface area contributed by atoms with Gasteiger partial charge < -0.3 is 24.7 Å². The van der Waals surface area contributed by atoms with Crippen molar-refractivity contribution in [2.24, 2.45) is 5.16 Å². The summed E-state index contributed by atoms with van der Waals surface area (Å²) in [5.74, 6) is -1.73. The normalized spacial score (nSPS) is 12.9. The van der Waals surface area contributed by atoms with Crippen molar-refractivity contribution in [3.63, 3.8) is 0 Å². The van der Waals surface area contributed by atoms with E-state index in [9.17, 15) is 19.8 Å². The number of aromatic hydroxyl groups is 2. The third-order valence-electron chi connectivity index (χ3n) is 5.77. The molecule has 0 bridgehead atoms. The highest BCUT2D eigenvalue weighted by Crippen LogP contribution is 2.37. The van der Waals surface area contributed by atoms with Crippen LogP contribution in [0.2, 0.25) is 5.02 Å². The minimum atomic E-state index is -0.726. The summed E-state index contributed by atoms with van der Waals surface area (Å²) in [6.45, 7) is 12.5. The molecule has 0 radical (unpaired) electrons. The average Bonchev–Trinajstić information content (AvgIpc) is 2.82. The van der Waals surface area contributed by atoms with Crippen LogP contribution in [0.1, 0.15) is 89.6 Å². The lowest BCUT2D eigenvalue weighted by Crippen LogP contribution is -2.33. The van der Waals surface area contributed by atoms with Gasteiger partial charge in [0.2, 0.25) is 0 Å². The van der Waals surface area contributed by atoms with Crippen LogP contribution in [0.4, 0.5) is 0 Å². The molecule has 1 aromatic carbocycles. The van der Waals surface area contributed by atoms with Gasteiger partial charge in [0.05, 0.1) is 10.7 Å². The topological polar surface area (TPSA) is 109 Å². The summed E-state index contributed by atoms with van der Waals surface area (Å²) in [6.07, 6.45) is 5.32. The first-order chi connectivity index (χ1) is 17.1. The number of ether oxygens (including phenoxy) is 1. The SMILES string of the molecule is CCC/C(C)=C/C(Cc1c(Cl)c(O)cc(O)c1C(=O)OC(CC)CCC)=N\OCC(=O)N(CC)CC. The molecule has 36 heavy (non-hydrogen) atoms. The average molecular weight is 525 g/mol. The third-order valence-corrected chi connectivity index (χ3v) is 6.19. The van der Waals surface area contributed by atoms with Crippen LogP contribution in [0.25, 0.3) is 0 Å². The number of phenols is 2. The highest BCUT2D eigenvalue weighted by atomic mass is 35.5. The van der Waals surface area contributed by atoms with Crippen LogP contribution in [-0.2, 0) is 20.8 Å². The number of hydrogen-bond acceptors (Lipinski definition) is 7. The number of phenolic OH excluding ortho intramolecular Hbond substituents is 2. The van der Waals surface area contributed by atoms with E-state index in [1.165, 1.54) is 0 Å². The molecule has 0 heterocycles. The van der Waals surface area contributed by atoms with Crippen LogP contribution in [-0.4, -0.2) is 58.5 Å². The fourth-order valence-corrected chi connectivity index (χ4v) is 4.05. The number of hydrogen-bond donors (Lipinski definition) is 2. The van der Waals surface area contributed by atoms with Crippen molar-refractivity contribution in [3.8, 4) is 11.5 Å². The maximum Gasteiger partial charge on any atom is 0.342 e. The molecule has 0 saturated heterocycles. The van der Waals surface area contributed by atoms with Gasteiger partial charge in [-0.05, 0) is 51.7 Å². The molecule has 0 aliphatic rings. The lowest BCUT2D eigenvalue weighted by Gasteiger charge is -2.19. The summed E-state index contributed by atoms with van der Waals surface area (Å²) in [5.41, 5.74) is 1.44. The maximum atomic E-state index is 13.1. The second-order valence-corrected chi connectivity index (χ2v) is 9.02. The molecule has 1 unspecified atom stereocenters. The first-order valence-electron chi connectivity index (χ1n) is 12.7. The molecular formula is C27H41ClN2O6. The molecule has 0 fully saturated rings.